The zero-order valence-corrected chi connectivity index (χ0v) is 13.4. The fourth-order valence-corrected chi connectivity index (χ4v) is 4.27. The minimum Gasteiger partial charge on any atom is -0.399 e. The molecule has 1 fully saturated rings. The molecule has 0 saturated heterocycles. The molecule has 7 heteroatoms. The number of anilines is 1. The summed E-state index contributed by atoms with van der Waals surface area (Å²) in [5.74, 6) is -0.486. The fourth-order valence-electron chi connectivity index (χ4n) is 2.46. The third-order valence-corrected chi connectivity index (χ3v) is 6.34. The molecule has 1 aromatic rings. The SMILES string of the molecule is CC(C(=O)NC1CCCC1)S(=O)(=O)c1cc(N)ccc1Cl. The molecule has 0 bridgehead atoms. The van der Waals surface area contributed by atoms with Crippen molar-refractivity contribution >= 4 is 33.0 Å². The first kappa shape index (κ1) is 16.1. The Morgan fingerprint density at radius 1 is 1.38 bits per heavy atom. The maximum Gasteiger partial charge on any atom is 0.238 e. The summed E-state index contributed by atoms with van der Waals surface area (Å²) in [6, 6.07) is 4.30. The van der Waals surface area contributed by atoms with Crippen LogP contribution in [-0.2, 0) is 14.6 Å². The molecule has 1 unspecified atom stereocenters. The molecule has 0 heterocycles. The molecular weight excluding hydrogens is 312 g/mol. The van der Waals surface area contributed by atoms with Gasteiger partial charge in [-0.05, 0) is 38.0 Å². The van der Waals surface area contributed by atoms with Crippen molar-refractivity contribution in [2.24, 2.45) is 0 Å². The third kappa shape index (κ3) is 3.49. The van der Waals surface area contributed by atoms with Gasteiger partial charge in [-0.1, -0.05) is 24.4 Å². The lowest BCUT2D eigenvalue weighted by Gasteiger charge is -2.17. The van der Waals surface area contributed by atoms with Gasteiger partial charge < -0.3 is 11.1 Å². The smallest absolute Gasteiger partial charge is 0.238 e. The van der Waals surface area contributed by atoms with E-state index in [0.717, 1.165) is 25.7 Å². The number of hydrogen-bond donors (Lipinski definition) is 2. The van der Waals surface area contributed by atoms with Crippen LogP contribution in [0.15, 0.2) is 23.1 Å². The second-order valence-electron chi connectivity index (χ2n) is 5.37. The highest BCUT2D eigenvalue weighted by atomic mass is 35.5. The number of benzene rings is 1. The van der Waals surface area contributed by atoms with Crippen molar-refractivity contribution in [2.45, 2.75) is 48.8 Å². The molecule has 0 aliphatic heterocycles. The molecule has 0 radical (unpaired) electrons. The summed E-state index contributed by atoms with van der Waals surface area (Å²) in [6.45, 7) is 1.37. The number of amides is 1. The van der Waals surface area contributed by atoms with Gasteiger partial charge in [-0.2, -0.15) is 0 Å². The van der Waals surface area contributed by atoms with Crippen molar-refractivity contribution < 1.29 is 13.2 Å². The van der Waals surface area contributed by atoms with Crippen LogP contribution in [0.3, 0.4) is 0 Å². The van der Waals surface area contributed by atoms with Gasteiger partial charge in [0.15, 0.2) is 9.84 Å². The topological polar surface area (TPSA) is 89.3 Å². The summed E-state index contributed by atoms with van der Waals surface area (Å²) >= 11 is 5.93. The van der Waals surface area contributed by atoms with E-state index in [2.05, 4.69) is 5.32 Å². The average molecular weight is 331 g/mol. The molecule has 1 saturated carbocycles. The molecule has 1 aliphatic rings. The molecule has 3 N–H and O–H groups in total. The highest BCUT2D eigenvalue weighted by molar-refractivity contribution is 7.92. The van der Waals surface area contributed by atoms with E-state index in [0.29, 0.717) is 5.69 Å². The number of nitrogens with two attached hydrogens (primary N) is 1. The number of hydrogen-bond acceptors (Lipinski definition) is 4. The van der Waals surface area contributed by atoms with Crippen molar-refractivity contribution in [3.63, 3.8) is 0 Å². The third-order valence-electron chi connectivity index (χ3n) is 3.80. The Bertz CT molecular complexity index is 640. The predicted molar refractivity (Wildman–Crippen MR) is 82.9 cm³/mol. The van der Waals surface area contributed by atoms with Gasteiger partial charge in [0.05, 0.1) is 9.92 Å². The van der Waals surface area contributed by atoms with Crippen LogP contribution < -0.4 is 11.1 Å². The predicted octanol–water partition coefficient (Wildman–Crippen LogP) is 2.14. The van der Waals surface area contributed by atoms with Gasteiger partial charge in [-0.25, -0.2) is 8.42 Å². The number of sulfone groups is 1. The van der Waals surface area contributed by atoms with Gasteiger partial charge in [0.25, 0.3) is 0 Å². The molecular formula is C14H19ClN2O3S. The molecule has 0 spiro atoms. The summed E-state index contributed by atoms with van der Waals surface area (Å²) in [4.78, 5) is 12.1. The first-order chi connectivity index (χ1) is 9.82. The lowest BCUT2D eigenvalue weighted by atomic mass is 10.2. The standard InChI is InChI=1S/C14H19ClN2O3S/c1-9(14(18)17-11-4-2-3-5-11)21(19,20)13-8-10(16)6-7-12(13)15/h6-9,11H,2-5,16H2,1H3,(H,17,18). The summed E-state index contributed by atoms with van der Waals surface area (Å²) in [6.07, 6.45) is 3.93. The lowest BCUT2D eigenvalue weighted by molar-refractivity contribution is -0.121. The van der Waals surface area contributed by atoms with E-state index >= 15 is 0 Å². The van der Waals surface area contributed by atoms with Crippen LogP contribution in [0.1, 0.15) is 32.6 Å². The van der Waals surface area contributed by atoms with Crippen LogP contribution in [0.25, 0.3) is 0 Å². The monoisotopic (exact) mass is 330 g/mol. The van der Waals surface area contributed by atoms with Gasteiger partial charge in [-0.3, -0.25) is 4.79 Å². The van der Waals surface area contributed by atoms with E-state index in [1.165, 1.54) is 25.1 Å². The number of rotatable bonds is 4. The van der Waals surface area contributed by atoms with Crippen molar-refractivity contribution in [2.75, 3.05) is 5.73 Å². The Kier molecular flexibility index (Phi) is 4.78. The summed E-state index contributed by atoms with van der Waals surface area (Å²) in [5, 5.41) is 1.67. The lowest BCUT2D eigenvalue weighted by Crippen LogP contribution is -2.42. The Balaban J connectivity index is 2.21. The molecule has 2 rings (SSSR count). The highest BCUT2D eigenvalue weighted by Crippen LogP contribution is 2.27. The Morgan fingerprint density at radius 2 is 2.00 bits per heavy atom. The second kappa shape index (κ2) is 6.23. The van der Waals surface area contributed by atoms with Crippen LogP contribution in [0.4, 0.5) is 5.69 Å². The summed E-state index contributed by atoms with van der Waals surface area (Å²) in [7, 11) is -3.86. The van der Waals surface area contributed by atoms with E-state index in [9.17, 15) is 13.2 Å². The molecule has 1 atom stereocenters. The van der Waals surface area contributed by atoms with Gasteiger partial charge in [0.1, 0.15) is 5.25 Å². The Hall–Kier alpha value is -1.27. The first-order valence-electron chi connectivity index (χ1n) is 6.91. The van der Waals surface area contributed by atoms with Crippen molar-refractivity contribution in [1.29, 1.82) is 0 Å². The van der Waals surface area contributed by atoms with Crippen molar-refractivity contribution in [3.8, 4) is 0 Å². The molecule has 116 valence electrons. The maximum atomic E-state index is 12.5. The number of nitrogen functional groups attached to an aromatic ring is 1. The normalized spacial score (nSPS) is 17.6. The van der Waals surface area contributed by atoms with E-state index in [4.69, 9.17) is 17.3 Å². The molecule has 1 aromatic carbocycles. The Morgan fingerprint density at radius 3 is 2.62 bits per heavy atom. The number of nitrogens with one attached hydrogen (secondary N) is 1. The summed E-state index contributed by atoms with van der Waals surface area (Å²) < 4.78 is 25.0. The quantitative estimate of drug-likeness (QED) is 0.828. The van der Waals surface area contributed by atoms with Crippen LogP contribution in [0.5, 0.6) is 0 Å². The highest BCUT2D eigenvalue weighted by Gasteiger charge is 2.33. The molecule has 1 amide bonds. The van der Waals surface area contributed by atoms with Gasteiger partial charge >= 0.3 is 0 Å². The largest absolute Gasteiger partial charge is 0.399 e. The average Bonchev–Trinajstić information content (AvgIpc) is 2.93. The number of halogens is 1. The molecule has 0 aromatic heterocycles. The minimum absolute atomic E-state index is 0.0738. The minimum atomic E-state index is -3.86. The molecule has 21 heavy (non-hydrogen) atoms. The zero-order chi connectivity index (χ0) is 15.6. The van der Waals surface area contributed by atoms with E-state index in [1.54, 1.807) is 0 Å². The van der Waals surface area contributed by atoms with E-state index in [-0.39, 0.29) is 16.0 Å². The number of carbonyl (C=O) groups excluding carboxylic acids is 1. The molecule has 1 aliphatic carbocycles. The van der Waals surface area contributed by atoms with Gasteiger partial charge in [0.2, 0.25) is 5.91 Å². The van der Waals surface area contributed by atoms with E-state index in [1.807, 2.05) is 0 Å². The second-order valence-corrected chi connectivity index (χ2v) is 8.01. The van der Waals surface area contributed by atoms with Crippen molar-refractivity contribution in [1.82, 2.24) is 5.32 Å². The van der Waals surface area contributed by atoms with E-state index < -0.39 is 21.0 Å². The fraction of sp³-hybridized carbons (Fsp3) is 0.500. The van der Waals surface area contributed by atoms with Gasteiger partial charge in [-0.15, -0.1) is 0 Å². The van der Waals surface area contributed by atoms with Crippen LogP contribution in [0, 0.1) is 0 Å². The van der Waals surface area contributed by atoms with Crippen LogP contribution in [-0.4, -0.2) is 25.6 Å². The van der Waals surface area contributed by atoms with Crippen LogP contribution >= 0.6 is 11.6 Å². The van der Waals surface area contributed by atoms with Crippen molar-refractivity contribution in [3.05, 3.63) is 23.2 Å². The first-order valence-corrected chi connectivity index (χ1v) is 8.84. The number of carbonyl (C=O) groups is 1. The Labute approximate surface area is 129 Å². The van der Waals surface area contributed by atoms with Crippen LogP contribution in [0.2, 0.25) is 5.02 Å². The molecule has 5 nitrogen and oxygen atoms in total. The zero-order valence-electron chi connectivity index (χ0n) is 11.8. The maximum absolute atomic E-state index is 12.5. The van der Waals surface area contributed by atoms with Gasteiger partial charge in [0, 0.05) is 11.7 Å². The summed E-state index contributed by atoms with van der Waals surface area (Å²) in [5.41, 5.74) is 5.90.